The van der Waals surface area contributed by atoms with Crippen LogP contribution in [-0.4, -0.2) is 62.3 Å². The Morgan fingerprint density at radius 1 is 1.29 bits per heavy atom. The van der Waals surface area contributed by atoms with Gasteiger partial charge in [0.1, 0.15) is 17.6 Å². The normalized spacial score (nSPS) is 23.5. The zero-order chi connectivity index (χ0) is 20.5. The summed E-state index contributed by atoms with van der Waals surface area (Å²) in [5, 5.41) is 10.0. The molecule has 2 aliphatic heterocycles. The summed E-state index contributed by atoms with van der Waals surface area (Å²) in [6, 6.07) is 4.77. The zero-order valence-electron chi connectivity index (χ0n) is 16.0. The molecule has 1 aromatic carbocycles. The minimum atomic E-state index is -1.01. The second kappa shape index (κ2) is 7.69. The molecule has 0 unspecified atom stereocenters. The lowest BCUT2D eigenvalue weighted by Gasteiger charge is -2.21. The fraction of sp³-hybridized carbons (Fsp3) is 0.474. The number of Topliss-reactive ketones (excluding diaryl/α,β-unsaturated/α-hetero) is 1. The first-order valence-electron chi connectivity index (χ1n) is 8.59. The molecule has 2 aliphatic rings. The van der Waals surface area contributed by atoms with Gasteiger partial charge >= 0.3 is 5.97 Å². The first kappa shape index (κ1) is 20.0. The van der Waals surface area contributed by atoms with E-state index in [4.69, 9.17) is 28.4 Å². The average Bonchev–Trinajstić information content (AvgIpc) is 3.18. The van der Waals surface area contributed by atoms with Crippen molar-refractivity contribution in [1.82, 2.24) is 0 Å². The summed E-state index contributed by atoms with van der Waals surface area (Å²) in [5.41, 5.74) is 0.241. The van der Waals surface area contributed by atoms with E-state index in [1.807, 2.05) is 0 Å². The molecular formula is C19H22O9. The highest BCUT2D eigenvalue weighted by molar-refractivity contribution is 6.00. The topological polar surface area (TPSA) is 110 Å². The SMILES string of the molecule is COc1ccc(OC)c(C(=O)COC2=C(O)C(=O)O[C@@H]2[C@@H]2COC(C)(C)O2)c1. The number of benzene rings is 1. The summed E-state index contributed by atoms with van der Waals surface area (Å²) < 4.78 is 32.1. The van der Waals surface area contributed by atoms with Crippen LogP contribution < -0.4 is 9.47 Å². The van der Waals surface area contributed by atoms with Crippen LogP contribution in [0.3, 0.4) is 0 Å². The zero-order valence-corrected chi connectivity index (χ0v) is 16.0. The second-order valence-electron chi connectivity index (χ2n) is 6.68. The molecule has 0 bridgehead atoms. The van der Waals surface area contributed by atoms with Crippen LogP contribution in [-0.2, 0) is 23.7 Å². The van der Waals surface area contributed by atoms with Gasteiger partial charge < -0.3 is 33.5 Å². The van der Waals surface area contributed by atoms with E-state index >= 15 is 0 Å². The average molecular weight is 394 g/mol. The van der Waals surface area contributed by atoms with Crippen LogP contribution in [0.5, 0.6) is 11.5 Å². The van der Waals surface area contributed by atoms with Gasteiger partial charge in [0, 0.05) is 0 Å². The van der Waals surface area contributed by atoms with Crippen molar-refractivity contribution in [3.63, 3.8) is 0 Å². The van der Waals surface area contributed by atoms with Gasteiger partial charge in [-0.2, -0.15) is 0 Å². The van der Waals surface area contributed by atoms with Crippen LogP contribution in [0, 0.1) is 0 Å². The molecule has 2 atom stereocenters. The van der Waals surface area contributed by atoms with E-state index in [1.54, 1.807) is 26.0 Å². The van der Waals surface area contributed by atoms with E-state index < -0.39 is 42.1 Å². The summed E-state index contributed by atoms with van der Waals surface area (Å²) >= 11 is 0. The third-order valence-electron chi connectivity index (χ3n) is 4.35. The highest BCUT2D eigenvalue weighted by atomic mass is 16.8. The lowest BCUT2D eigenvalue weighted by molar-refractivity contribution is -0.163. The lowest BCUT2D eigenvalue weighted by atomic mass is 10.1. The first-order valence-corrected chi connectivity index (χ1v) is 8.59. The number of methoxy groups -OCH3 is 2. The Hall–Kier alpha value is -2.78. The number of hydrogen-bond donors (Lipinski definition) is 1. The molecule has 0 spiro atoms. The number of cyclic esters (lactones) is 1. The third kappa shape index (κ3) is 3.90. The Bertz CT molecular complexity index is 812. The molecule has 0 radical (unpaired) electrons. The van der Waals surface area contributed by atoms with Crippen LogP contribution in [0.15, 0.2) is 29.7 Å². The van der Waals surface area contributed by atoms with E-state index in [0.29, 0.717) is 11.5 Å². The fourth-order valence-corrected chi connectivity index (χ4v) is 2.97. The van der Waals surface area contributed by atoms with Gasteiger partial charge in [0.2, 0.25) is 11.5 Å². The summed E-state index contributed by atoms with van der Waals surface area (Å²) in [4.78, 5) is 24.4. The number of rotatable bonds is 7. The molecule has 0 aromatic heterocycles. The van der Waals surface area contributed by atoms with Gasteiger partial charge in [-0.3, -0.25) is 4.79 Å². The molecule has 1 fully saturated rings. The Morgan fingerprint density at radius 2 is 2.04 bits per heavy atom. The molecule has 28 heavy (non-hydrogen) atoms. The first-order chi connectivity index (χ1) is 13.3. The predicted molar refractivity (Wildman–Crippen MR) is 94.3 cm³/mol. The molecule has 9 nitrogen and oxygen atoms in total. The third-order valence-corrected chi connectivity index (χ3v) is 4.35. The minimum absolute atomic E-state index is 0.142. The highest BCUT2D eigenvalue weighted by Crippen LogP contribution is 2.33. The lowest BCUT2D eigenvalue weighted by Crippen LogP contribution is -2.33. The van der Waals surface area contributed by atoms with Crippen LogP contribution in [0.25, 0.3) is 0 Å². The maximum absolute atomic E-state index is 12.6. The number of hydrogen-bond acceptors (Lipinski definition) is 9. The van der Waals surface area contributed by atoms with Crippen LogP contribution in [0.4, 0.5) is 0 Å². The van der Waals surface area contributed by atoms with Crippen molar-refractivity contribution in [3.05, 3.63) is 35.3 Å². The van der Waals surface area contributed by atoms with Gasteiger partial charge in [0.25, 0.3) is 0 Å². The number of ether oxygens (including phenoxy) is 6. The minimum Gasteiger partial charge on any atom is -0.499 e. The van der Waals surface area contributed by atoms with E-state index in [1.165, 1.54) is 20.3 Å². The number of carbonyl (C=O) groups excluding carboxylic acids is 2. The molecular weight excluding hydrogens is 372 g/mol. The van der Waals surface area contributed by atoms with Crippen molar-refractivity contribution >= 4 is 11.8 Å². The molecule has 1 aromatic rings. The summed E-state index contributed by atoms with van der Waals surface area (Å²) in [6.07, 6.45) is -1.67. The largest absolute Gasteiger partial charge is 0.499 e. The van der Waals surface area contributed by atoms with Gasteiger partial charge in [0.15, 0.2) is 24.3 Å². The van der Waals surface area contributed by atoms with E-state index in [-0.39, 0.29) is 17.9 Å². The predicted octanol–water partition coefficient (Wildman–Crippen LogP) is 1.75. The van der Waals surface area contributed by atoms with Gasteiger partial charge in [-0.05, 0) is 32.0 Å². The quantitative estimate of drug-likeness (QED) is 0.546. The van der Waals surface area contributed by atoms with Gasteiger partial charge in [0.05, 0.1) is 26.4 Å². The van der Waals surface area contributed by atoms with E-state index in [2.05, 4.69) is 0 Å². The summed E-state index contributed by atoms with van der Waals surface area (Å²) in [5.74, 6) is -2.27. The number of carbonyl (C=O) groups is 2. The molecule has 3 rings (SSSR count). The Balaban J connectivity index is 1.75. The van der Waals surface area contributed by atoms with E-state index in [0.717, 1.165) is 0 Å². The number of aliphatic hydroxyl groups excluding tert-OH is 1. The maximum Gasteiger partial charge on any atom is 0.378 e. The highest BCUT2D eigenvalue weighted by Gasteiger charge is 2.47. The van der Waals surface area contributed by atoms with Crippen LogP contribution >= 0.6 is 0 Å². The van der Waals surface area contributed by atoms with Gasteiger partial charge in [-0.25, -0.2) is 4.79 Å². The van der Waals surface area contributed by atoms with Gasteiger partial charge in [-0.1, -0.05) is 0 Å². The van der Waals surface area contributed by atoms with Crippen LogP contribution in [0.2, 0.25) is 0 Å². The van der Waals surface area contributed by atoms with Crippen molar-refractivity contribution in [2.75, 3.05) is 27.4 Å². The number of aliphatic hydroxyl groups is 1. The molecule has 0 amide bonds. The standard InChI is InChI=1S/C19H22O9/c1-19(2)26-9-14(28-19)16-17(15(21)18(22)27-16)25-8-12(20)11-7-10(23-3)5-6-13(11)24-4/h5-7,14,16,21H,8-9H2,1-4H3/t14-,16+/m0/s1. The Morgan fingerprint density at radius 3 is 2.64 bits per heavy atom. The molecule has 0 saturated carbocycles. The fourth-order valence-electron chi connectivity index (χ4n) is 2.97. The number of ketones is 1. The van der Waals surface area contributed by atoms with Crippen molar-refractivity contribution in [3.8, 4) is 11.5 Å². The van der Waals surface area contributed by atoms with Gasteiger partial charge in [-0.15, -0.1) is 0 Å². The molecule has 0 aliphatic carbocycles. The second-order valence-corrected chi connectivity index (χ2v) is 6.68. The summed E-state index contributed by atoms with van der Waals surface area (Å²) in [6.45, 7) is 3.12. The van der Waals surface area contributed by atoms with Crippen molar-refractivity contribution in [2.24, 2.45) is 0 Å². The summed E-state index contributed by atoms with van der Waals surface area (Å²) in [7, 11) is 2.92. The Kier molecular flexibility index (Phi) is 5.48. The van der Waals surface area contributed by atoms with Crippen molar-refractivity contribution in [2.45, 2.75) is 31.8 Å². The molecule has 1 N–H and O–H groups in total. The smallest absolute Gasteiger partial charge is 0.378 e. The molecule has 2 heterocycles. The van der Waals surface area contributed by atoms with Crippen LogP contribution in [0.1, 0.15) is 24.2 Å². The molecule has 152 valence electrons. The van der Waals surface area contributed by atoms with E-state index in [9.17, 15) is 14.7 Å². The molecule has 9 heteroatoms. The van der Waals surface area contributed by atoms with Crippen molar-refractivity contribution in [1.29, 1.82) is 0 Å². The van der Waals surface area contributed by atoms with Crippen molar-refractivity contribution < 1.29 is 43.1 Å². The Labute approximate surface area is 161 Å². The molecule has 1 saturated heterocycles. The maximum atomic E-state index is 12.6. The number of esters is 1. The monoisotopic (exact) mass is 394 g/mol.